The van der Waals surface area contributed by atoms with E-state index < -0.39 is 29.2 Å². The molecule has 3 aromatic rings. The Balaban J connectivity index is 1.41. The number of hydrazone groups is 1. The van der Waals surface area contributed by atoms with Crippen molar-refractivity contribution < 1.29 is 38.2 Å². The summed E-state index contributed by atoms with van der Waals surface area (Å²) in [5.41, 5.74) is 5.68. The van der Waals surface area contributed by atoms with E-state index in [9.17, 15) is 24.8 Å². The number of furan rings is 1. The molecule has 0 fully saturated rings. The topological polar surface area (TPSA) is 187 Å². The molecule has 1 aromatic heterocycles. The second-order valence-electron chi connectivity index (χ2n) is 9.83. The second-order valence-corrected chi connectivity index (χ2v) is 9.83. The fraction of sp³-hybridized carbons (Fsp3) is 0.300. The third-order valence-corrected chi connectivity index (χ3v) is 6.79. The average molecular weight is 608 g/mol. The maximum absolute atomic E-state index is 12.4. The van der Waals surface area contributed by atoms with Crippen molar-refractivity contribution in [1.29, 1.82) is 0 Å². The number of aryl methyl sites for hydroxylation is 2. The van der Waals surface area contributed by atoms with Crippen LogP contribution in [0.4, 0.5) is 10.5 Å². The van der Waals surface area contributed by atoms with Gasteiger partial charge in [-0.15, -0.1) is 0 Å². The number of amides is 2. The third-order valence-electron chi connectivity index (χ3n) is 6.79. The lowest BCUT2D eigenvalue weighted by Gasteiger charge is -2.28. The number of esters is 1. The van der Waals surface area contributed by atoms with Crippen molar-refractivity contribution in [1.82, 2.24) is 16.1 Å². The first-order valence-electron chi connectivity index (χ1n) is 13.6. The lowest BCUT2D eigenvalue weighted by Crippen LogP contribution is -2.45. The summed E-state index contributed by atoms with van der Waals surface area (Å²) in [4.78, 5) is 35.6. The number of rotatable bonds is 12. The summed E-state index contributed by atoms with van der Waals surface area (Å²) in [6.07, 6.45) is 0.0951. The molecule has 2 amide bonds. The van der Waals surface area contributed by atoms with Gasteiger partial charge in [-0.2, -0.15) is 5.10 Å². The van der Waals surface area contributed by atoms with E-state index in [-0.39, 0.29) is 17.9 Å². The molecule has 2 atom stereocenters. The van der Waals surface area contributed by atoms with Gasteiger partial charge >= 0.3 is 12.0 Å². The van der Waals surface area contributed by atoms with Crippen LogP contribution in [0.2, 0.25) is 0 Å². The van der Waals surface area contributed by atoms with Gasteiger partial charge in [0.05, 0.1) is 42.0 Å². The molecule has 0 saturated carbocycles. The minimum absolute atomic E-state index is 0.0629. The fourth-order valence-corrected chi connectivity index (χ4v) is 4.53. The van der Waals surface area contributed by atoms with Crippen LogP contribution in [0.25, 0.3) is 11.3 Å². The number of aliphatic hydroxyl groups is 1. The van der Waals surface area contributed by atoms with Crippen molar-refractivity contribution in [3.63, 3.8) is 0 Å². The number of aliphatic hydroxyl groups excluding tert-OH is 1. The smallest absolute Gasteiger partial charge is 0.337 e. The van der Waals surface area contributed by atoms with Gasteiger partial charge in [-0.05, 0) is 74.7 Å². The highest BCUT2D eigenvalue weighted by Crippen LogP contribution is 2.35. The number of hydrogen-bond donors (Lipinski definition) is 4. The fourth-order valence-electron chi connectivity index (χ4n) is 4.53. The summed E-state index contributed by atoms with van der Waals surface area (Å²) < 4.78 is 22.1. The van der Waals surface area contributed by atoms with E-state index in [2.05, 4.69) is 21.2 Å². The Morgan fingerprint density at radius 1 is 1.16 bits per heavy atom. The molecular weight excluding hydrogens is 574 g/mol. The van der Waals surface area contributed by atoms with Crippen LogP contribution in [0, 0.1) is 24.0 Å². The SMILES string of the molecule is CCOc1cc([C@@H]2NC(=O)NC(C)=C2C(=O)OC)ccc1OC[C@H](O)N/N=C\c1ccc(-c2cc(C)c(C)cc2[N+](=O)[O-])o1. The zero-order chi connectivity index (χ0) is 32.0. The van der Waals surface area contributed by atoms with E-state index in [1.165, 1.54) is 19.4 Å². The maximum Gasteiger partial charge on any atom is 0.337 e. The van der Waals surface area contributed by atoms with Crippen LogP contribution in [0.15, 0.2) is 63.3 Å². The Kier molecular flexibility index (Phi) is 9.85. The van der Waals surface area contributed by atoms with E-state index >= 15 is 0 Å². The maximum atomic E-state index is 12.4. The number of nitrogens with one attached hydrogen (secondary N) is 3. The monoisotopic (exact) mass is 607 g/mol. The van der Waals surface area contributed by atoms with E-state index in [4.69, 9.17) is 18.6 Å². The average Bonchev–Trinajstić information content (AvgIpc) is 3.45. The van der Waals surface area contributed by atoms with Crippen LogP contribution < -0.4 is 25.5 Å². The minimum atomic E-state index is -1.23. The first-order valence-corrected chi connectivity index (χ1v) is 13.6. The van der Waals surface area contributed by atoms with Crippen LogP contribution in [0.3, 0.4) is 0 Å². The molecule has 2 aromatic carbocycles. The molecule has 14 nitrogen and oxygen atoms in total. The van der Waals surface area contributed by atoms with Crippen LogP contribution in [0.1, 0.15) is 42.3 Å². The van der Waals surface area contributed by atoms with Gasteiger partial charge in [0.1, 0.15) is 18.1 Å². The van der Waals surface area contributed by atoms with Crippen molar-refractivity contribution >= 4 is 23.9 Å². The molecule has 0 unspecified atom stereocenters. The molecule has 0 saturated heterocycles. The molecule has 232 valence electrons. The van der Waals surface area contributed by atoms with Crippen molar-refractivity contribution in [3.05, 3.63) is 86.3 Å². The van der Waals surface area contributed by atoms with Gasteiger partial charge < -0.3 is 34.4 Å². The van der Waals surface area contributed by atoms with Crippen molar-refractivity contribution in [3.8, 4) is 22.8 Å². The Labute approximate surface area is 252 Å². The number of nitrogens with zero attached hydrogens (tertiary/aromatic N) is 2. The molecule has 1 aliphatic rings. The van der Waals surface area contributed by atoms with Gasteiger partial charge in [-0.25, -0.2) is 9.59 Å². The summed E-state index contributed by atoms with van der Waals surface area (Å²) in [5.74, 6) is 0.671. The predicted octanol–water partition coefficient (Wildman–Crippen LogP) is 3.99. The highest BCUT2D eigenvalue weighted by atomic mass is 16.6. The van der Waals surface area contributed by atoms with Gasteiger partial charge in [0.25, 0.3) is 5.69 Å². The number of benzene rings is 2. The molecule has 0 spiro atoms. The summed E-state index contributed by atoms with van der Waals surface area (Å²) in [5, 5.41) is 31.2. The number of hydrogen-bond acceptors (Lipinski definition) is 11. The molecule has 0 aliphatic carbocycles. The second kappa shape index (κ2) is 13.7. The Hall–Kier alpha value is -5.37. The summed E-state index contributed by atoms with van der Waals surface area (Å²) in [6, 6.07) is 10.1. The highest BCUT2D eigenvalue weighted by molar-refractivity contribution is 5.95. The van der Waals surface area contributed by atoms with E-state index in [1.54, 1.807) is 57.2 Å². The first-order chi connectivity index (χ1) is 21.0. The number of urea groups is 1. The highest BCUT2D eigenvalue weighted by Gasteiger charge is 2.32. The molecule has 2 heterocycles. The standard InChI is InChI=1S/C30H33N5O9/c1-6-42-25-13-19(28-27(29(37)41-5)18(4)32-30(38)33-28)7-9-24(25)43-15-26(36)34-31-14-20-8-10-23(44-20)21-11-16(2)17(3)12-22(21)35(39)40/h7-14,26,28,34,36H,6,15H2,1-5H3,(H2,32,33,38)/b31-14-/t26-,28-/m0/s1. The van der Waals surface area contributed by atoms with Gasteiger partial charge in [-0.1, -0.05) is 6.07 Å². The zero-order valence-electron chi connectivity index (χ0n) is 24.8. The molecule has 4 rings (SSSR count). The van der Waals surface area contributed by atoms with E-state index in [0.29, 0.717) is 46.5 Å². The lowest BCUT2D eigenvalue weighted by atomic mass is 9.95. The zero-order valence-corrected chi connectivity index (χ0v) is 24.8. The van der Waals surface area contributed by atoms with Crippen molar-refractivity contribution in [2.24, 2.45) is 5.10 Å². The van der Waals surface area contributed by atoms with Crippen molar-refractivity contribution in [2.75, 3.05) is 20.3 Å². The van der Waals surface area contributed by atoms with Crippen molar-refractivity contribution in [2.45, 2.75) is 40.0 Å². The summed E-state index contributed by atoms with van der Waals surface area (Å²) in [7, 11) is 1.26. The minimum Gasteiger partial charge on any atom is -0.490 e. The van der Waals surface area contributed by atoms with E-state index in [1.807, 2.05) is 6.92 Å². The van der Waals surface area contributed by atoms with Gasteiger partial charge in [0.15, 0.2) is 17.7 Å². The van der Waals surface area contributed by atoms with Gasteiger partial charge in [0.2, 0.25) is 0 Å². The number of nitro benzene ring substituents is 1. The number of allylic oxidation sites excluding steroid dienone is 1. The summed E-state index contributed by atoms with van der Waals surface area (Å²) >= 11 is 0. The van der Waals surface area contributed by atoms with Gasteiger partial charge in [0, 0.05) is 11.8 Å². The largest absolute Gasteiger partial charge is 0.490 e. The third kappa shape index (κ3) is 7.15. The van der Waals surface area contributed by atoms with Crippen LogP contribution in [0.5, 0.6) is 11.5 Å². The van der Waals surface area contributed by atoms with Gasteiger partial charge in [-0.3, -0.25) is 15.5 Å². The van der Waals surface area contributed by atoms with Crippen LogP contribution in [-0.4, -0.2) is 54.8 Å². The quantitative estimate of drug-likeness (QED) is 0.0771. The normalized spacial score (nSPS) is 15.4. The molecule has 0 radical (unpaired) electrons. The molecule has 44 heavy (non-hydrogen) atoms. The van der Waals surface area contributed by atoms with E-state index in [0.717, 1.165) is 11.1 Å². The number of methoxy groups -OCH3 is 1. The number of nitro groups is 1. The molecule has 14 heteroatoms. The molecular formula is C30H33N5O9. The molecule has 1 aliphatic heterocycles. The number of ether oxygens (including phenoxy) is 3. The molecule has 0 bridgehead atoms. The van der Waals surface area contributed by atoms with Crippen LogP contribution in [-0.2, 0) is 9.53 Å². The Bertz CT molecular complexity index is 1630. The van der Waals surface area contributed by atoms with Crippen LogP contribution >= 0.6 is 0 Å². The molecule has 4 N–H and O–H groups in total. The first kappa shape index (κ1) is 31.6. The predicted molar refractivity (Wildman–Crippen MR) is 159 cm³/mol. The Morgan fingerprint density at radius 3 is 2.61 bits per heavy atom. The number of carbonyl (C=O) groups is 2. The Morgan fingerprint density at radius 2 is 1.91 bits per heavy atom. The summed E-state index contributed by atoms with van der Waals surface area (Å²) in [6.45, 7) is 7.15. The lowest BCUT2D eigenvalue weighted by molar-refractivity contribution is -0.384. The number of carbonyl (C=O) groups excluding carboxylic acids is 2.